The van der Waals surface area contributed by atoms with Gasteiger partial charge in [-0.25, -0.2) is 12.8 Å². The maximum atomic E-state index is 13.4. The number of hydrogen-bond donors (Lipinski definition) is 2. The third-order valence-electron chi connectivity index (χ3n) is 2.79. The Bertz CT molecular complexity index is 760. The number of nitrogens with one attached hydrogen (secondary N) is 2. The number of benzene rings is 1. The molecule has 0 radical (unpaired) electrons. The van der Waals surface area contributed by atoms with Crippen LogP contribution in [0.15, 0.2) is 32.3 Å². The van der Waals surface area contributed by atoms with Crippen LogP contribution in [0.4, 0.5) is 10.1 Å². The quantitative estimate of drug-likeness (QED) is 0.818. The summed E-state index contributed by atoms with van der Waals surface area (Å²) in [5.41, 5.74) is 1.78. The van der Waals surface area contributed by atoms with Gasteiger partial charge < -0.3 is 5.32 Å². The molecule has 0 saturated carbocycles. The van der Waals surface area contributed by atoms with E-state index in [9.17, 15) is 12.8 Å². The first-order chi connectivity index (χ1) is 9.83. The zero-order valence-electron chi connectivity index (χ0n) is 11.4. The molecule has 8 heteroatoms. The van der Waals surface area contributed by atoms with Crippen molar-refractivity contribution in [2.45, 2.75) is 17.7 Å². The first-order valence-electron chi connectivity index (χ1n) is 6.04. The van der Waals surface area contributed by atoms with Crippen molar-refractivity contribution in [1.82, 2.24) is 5.32 Å². The van der Waals surface area contributed by atoms with E-state index in [4.69, 9.17) is 0 Å². The predicted molar refractivity (Wildman–Crippen MR) is 86.7 cm³/mol. The van der Waals surface area contributed by atoms with Gasteiger partial charge in [0.2, 0.25) is 0 Å². The van der Waals surface area contributed by atoms with E-state index in [2.05, 4.69) is 26.0 Å². The molecule has 0 amide bonds. The molecule has 0 aliphatic rings. The molecule has 114 valence electrons. The largest absolute Gasteiger partial charge is 0.316 e. The summed E-state index contributed by atoms with van der Waals surface area (Å²) in [6.07, 6.45) is 0. The molecule has 0 saturated heterocycles. The van der Waals surface area contributed by atoms with Crippen LogP contribution in [-0.4, -0.2) is 15.5 Å². The lowest BCUT2D eigenvalue weighted by Crippen LogP contribution is -2.13. The van der Waals surface area contributed by atoms with Crippen molar-refractivity contribution in [2.24, 2.45) is 0 Å². The van der Waals surface area contributed by atoms with Crippen LogP contribution in [0.25, 0.3) is 0 Å². The molecule has 2 N–H and O–H groups in total. The summed E-state index contributed by atoms with van der Waals surface area (Å²) in [7, 11) is -1.87. The number of anilines is 1. The molecule has 21 heavy (non-hydrogen) atoms. The molecule has 0 atom stereocenters. The summed E-state index contributed by atoms with van der Waals surface area (Å²) in [6, 6.07) is 4.32. The van der Waals surface area contributed by atoms with E-state index in [1.165, 1.54) is 12.1 Å². The minimum absolute atomic E-state index is 0.216. The van der Waals surface area contributed by atoms with Gasteiger partial charge in [-0.2, -0.15) is 0 Å². The Hall–Kier alpha value is -0.960. The lowest BCUT2D eigenvalue weighted by Gasteiger charge is -2.10. The fourth-order valence-electron chi connectivity index (χ4n) is 1.74. The summed E-state index contributed by atoms with van der Waals surface area (Å²) >= 11 is 4.21. The van der Waals surface area contributed by atoms with Crippen LogP contribution < -0.4 is 10.0 Å². The van der Waals surface area contributed by atoms with Gasteiger partial charge in [0.1, 0.15) is 10.0 Å². The highest BCUT2D eigenvalue weighted by molar-refractivity contribution is 9.10. The van der Waals surface area contributed by atoms with Crippen LogP contribution in [0.2, 0.25) is 0 Å². The fourth-order valence-corrected chi connectivity index (χ4v) is 4.42. The molecule has 1 aromatic carbocycles. The van der Waals surface area contributed by atoms with E-state index in [-0.39, 0.29) is 8.68 Å². The normalized spacial score (nSPS) is 11.6. The van der Waals surface area contributed by atoms with Gasteiger partial charge in [0.05, 0.1) is 10.2 Å². The van der Waals surface area contributed by atoms with Crippen LogP contribution in [0.1, 0.15) is 11.1 Å². The molecule has 2 rings (SSSR count). The molecule has 1 heterocycles. The van der Waals surface area contributed by atoms with Crippen molar-refractivity contribution >= 4 is 43.0 Å². The van der Waals surface area contributed by atoms with Gasteiger partial charge in [0, 0.05) is 6.54 Å². The zero-order chi connectivity index (χ0) is 15.6. The van der Waals surface area contributed by atoms with Crippen molar-refractivity contribution in [3.8, 4) is 0 Å². The third kappa shape index (κ3) is 3.82. The van der Waals surface area contributed by atoms with E-state index in [1.807, 2.05) is 0 Å². The molecule has 0 spiro atoms. The van der Waals surface area contributed by atoms with Gasteiger partial charge in [-0.05, 0) is 64.6 Å². The summed E-state index contributed by atoms with van der Waals surface area (Å²) in [6.45, 7) is 2.25. The van der Waals surface area contributed by atoms with E-state index in [1.54, 1.807) is 25.4 Å². The van der Waals surface area contributed by atoms with Crippen LogP contribution in [-0.2, 0) is 16.6 Å². The lowest BCUT2D eigenvalue weighted by atomic mass is 10.2. The maximum Gasteiger partial charge on any atom is 0.271 e. The van der Waals surface area contributed by atoms with Crippen molar-refractivity contribution in [1.29, 1.82) is 0 Å². The predicted octanol–water partition coefficient (Wildman–Crippen LogP) is 3.48. The molecular weight excluding hydrogens is 379 g/mol. The number of thiophene rings is 1. The Balaban J connectivity index is 2.30. The highest BCUT2D eigenvalue weighted by atomic mass is 79.9. The molecular formula is C13H14BrFN2O2S2. The van der Waals surface area contributed by atoms with E-state index in [0.29, 0.717) is 17.8 Å². The number of hydrogen-bond acceptors (Lipinski definition) is 4. The van der Waals surface area contributed by atoms with E-state index in [0.717, 1.165) is 16.9 Å². The van der Waals surface area contributed by atoms with Crippen LogP contribution >= 0.6 is 27.3 Å². The second-order valence-electron chi connectivity index (χ2n) is 4.49. The Kier molecular flexibility index (Phi) is 5.03. The average Bonchev–Trinajstić information content (AvgIpc) is 2.86. The van der Waals surface area contributed by atoms with Gasteiger partial charge >= 0.3 is 0 Å². The minimum atomic E-state index is -3.67. The molecule has 0 bridgehead atoms. The third-order valence-corrected chi connectivity index (χ3v) is 6.25. The van der Waals surface area contributed by atoms with Gasteiger partial charge in [-0.15, -0.1) is 11.3 Å². The number of sulfonamides is 1. The van der Waals surface area contributed by atoms with Crippen molar-refractivity contribution in [3.63, 3.8) is 0 Å². The molecule has 0 fully saturated rings. The second kappa shape index (κ2) is 6.43. The Labute approximate surface area is 135 Å². The lowest BCUT2D eigenvalue weighted by molar-refractivity contribution is 0.602. The Morgan fingerprint density at radius 2 is 2.05 bits per heavy atom. The second-order valence-corrected chi connectivity index (χ2v) is 8.17. The first kappa shape index (κ1) is 16.4. The molecule has 0 aliphatic carbocycles. The van der Waals surface area contributed by atoms with Crippen LogP contribution in [0.3, 0.4) is 0 Å². The maximum absolute atomic E-state index is 13.4. The first-order valence-corrected chi connectivity index (χ1v) is 9.19. The topological polar surface area (TPSA) is 58.2 Å². The molecule has 4 nitrogen and oxygen atoms in total. The zero-order valence-corrected chi connectivity index (χ0v) is 14.6. The summed E-state index contributed by atoms with van der Waals surface area (Å²) < 4.78 is 41.0. The molecule has 0 unspecified atom stereocenters. The summed E-state index contributed by atoms with van der Waals surface area (Å²) in [5.74, 6) is -0.428. The Morgan fingerprint density at radius 3 is 2.71 bits per heavy atom. The average molecular weight is 393 g/mol. The summed E-state index contributed by atoms with van der Waals surface area (Å²) in [5, 5.41) is 4.76. The minimum Gasteiger partial charge on any atom is -0.316 e. The SMILES string of the molecule is CNCc1csc(S(=O)(=O)Nc2cc(Br)c(F)cc2C)c1. The van der Waals surface area contributed by atoms with Crippen molar-refractivity contribution in [3.05, 3.63) is 45.0 Å². The monoisotopic (exact) mass is 392 g/mol. The van der Waals surface area contributed by atoms with Gasteiger partial charge in [-0.1, -0.05) is 0 Å². The Morgan fingerprint density at radius 1 is 1.33 bits per heavy atom. The smallest absolute Gasteiger partial charge is 0.271 e. The van der Waals surface area contributed by atoms with Gasteiger partial charge in [0.25, 0.3) is 10.0 Å². The standard InChI is InChI=1S/C13H14BrFN2O2S2/c1-8-3-11(15)10(14)5-12(8)17-21(18,19)13-4-9(6-16-2)7-20-13/h3-5,7,16-17H,6H2,1-2H3. The molecule has 2 aromatic rings. The van der Waals surface area contributed by atoms with Gasteiger partial charge in [0.15, 0.2) is 0 Å². The molecule has 0 aliphatic heterocycles. The van der Waals surface area contributed by atoms with E-state index < -0.39 is 15.8 Å². The highest BCUT2D eigenvalue weighted by Crippen LogP contribution is 2.28. The van der Waals surface area contributed by atoms with Crippen molar-refractivity contribution in [2.75, 3.05) is 11.8 Å². The fraction of sp³-hybridized carbons (Fsp3) is 0.231. The van der Waals surface area contributed by atoms with Crippen LogP contribution in [0, 0.1) is 12.7 Å². The van der Waals surface area contributed by atoms with Crippen molar-refractivity contribution < 1.29 is 12.8 Å². The van der Waals surface area contributed by atoms with E-state index >= 15 is 0 Å². The van der Waals surface area contributed by atoms with Gasteiger partial charge in [-0.3, -0.25) is 4.72 Å². The highest BCUT2D eigenvalue weighted by Gasteiger charge is 2.18. The number of halogens is 2. The number of rotatable bonds is 5. The summed E-state index contributed by atoms with van der Waals surface area (Å²) in [4.78, 5) is 0. The molecule has 1 aromatic heterocycles. The van der Waals surface area contributed by atoms with Crippen LogP contribution in [0.5, 0.6) is 0 Å². The number of aryl methyl sites for hydroxylation is 1.